The lowest BCUT2D eigenvalue weighted by Gasteiger charge is -2.08. The summed E-state index contributed by atoms with van der Waals surface area (Å²) >= 11 is 0. The van der Waals surface area contributed by atoms with E-state index in [0.29, 0.717) is 0 Å². The molecule has 0 amide bonds. The Kier molecular flexibility index (Phi) is 4.60. The van der Waals surface area contributed by atoms with Gasteiger partial charge in [0.2, 0.25) is 0 Å². The number of Topliss-reactive ketones (excluding diaryl/α,β-unsaturated/α-hetero) is 1. The number of ketones is 1. The van der Waals surface area contributed by atoms with E-state index in [0.717, 1.165) is 12.2 Å². The van der Waals surface area contributed by atoms with Crippen LogP contribution in [0.2, 0.25) is 0 Å². The van der Waals surface area contributed by atoms with Crippen molar-refractivity contribution in [2.24, 2.45) is 5.92 Å². The van der Waals surface area contributed by atoms with E-state index in [4.69, 9.17) is 0 Å². The zero-order chi connectivity index (χ0) is 11.4. The molecule has 0 rings (SSSR count). The van der Waals surface area contributed by atoms with E-state index in [1.807, 2.05) is 0 Å². The van der Waals surface area contributed by atoms with Crippen LogP contribution in [0.4, 0.5) is 13.2 Å². The molecule has 0 aliphatic heterocycles. The fraction of sp³-hybridized carbons (Fsp3) is 0.500. The van der Waals surface area contributed by atoms with Crippen molar-refractivity contribution in [2.45, 2.75) is 26.4 Å². The predicted molar refractivity (Wildman–Crippen MR) is 48.8 cm³/mol. The van der Waals surface area contributed by atoms with Gasteiger partial charge in [0.15, 0.2) is 0 Å². The van der Waals surface area contributed by atoms with Gasteiger partial charge in [-0.2, -0.15) is 13.2 Å². The molecule has 0 bridgehead atoms. The van der Waals surface area contributed by atoms with Crippen molar-refractivity contribution < 1.29 is 18.0 Å². The molecule has 0 aliphatic carbocycles. The number of allylic oxidation sites excluding steroid dienone is 3. The molecule has 0 heterocycles. The summed E-state index contributed by atoms with van der Waals surface area (Å²) in [5, 5.41) is 0. The average Bonchev–Trinajstić information content (AvgIpc) is 2.02. The first kappa shape index (κ1) is 12.9. The Hall–Kier alpha value is -1.06. The summed E-state index contributed by atoms with van der Waals surface area (Å²) in [6.07, 6.45) is -2.53. The van der Waals surface area contributed by atoms with Crippen molar-refractivity contribution >= 4 is 5.78 Å². The fourth-order valence-corrected chi connectivity index (χ4v) is 0.784. The van der Waals surface area contributed by atoms with Gasteiger partial charge in [-0.15, -0.1) is 0 Å². The maximum atomic E-state index is 12.1. The zero-order valence-electron chi connectivity index (χ0n) is 8.19. The molecule has 4 heteroatoms. The largest absolute Gasteiger partial charge is 0.416 e. The monoisotopic (exact) mass is 206 g/mol. The molecule has 0 aromatic carbocycles. The summed E-state index contributed by atoms with van der Waals surface area (Å²) in [5.41, 5.74) is -0.786. The van der Waals surface area contributed by atoms with Crippen LogP contribution in [0.25, 0.3) is 0 Å². The molecule has 0 saturated heterocycles. The number of carbonyl (C=O) groups is 1. The quantitative estimate of drug-likeness (QED) is 0.645. The van der Waals surface area contributed by atoms with Gasteiger partial charge in [-0.25, -0.2) is 0 Å². The van der Waals surface area contributed by atoms with Gasteiger partial charge in [0.25, 0.3) is 0 Å². The molecular formula is C10H13F3O. The summed E-state index contributed by atoms with van der Waals surface area (Å²) < 4.78 is 36.4. The van der Waals surface area contributed by atoms with E-state index in [2.05, 4.69) is 6.58 Å². The summed E-state index contributed by atoms with van der Waals surface area (Å²) in [6.45, 7) is 6.03. The van der Waals surface area contributed by atoms with Crippen LogP contribution in [0.1, 0.15) is 20.3 Å². The highest BCUT2D eigenvalue weighted by atomic mass is 19.4. The average molecular weight is 206 g/mol. The first-order valence-electron chi connectivity index (χ1n) is 4.19. The first-order chi connectivity index (χ1) is 6.29. The van der Waals surface area contributed by atoms with Gasteiger partial charge in [-0.05, 0) is 13.3 Å². The van der Waals surface area contributed by atoms with Gasteiger partial charge < -0.3 is 0 Å². The first-order valence-corrected chi connectivity index (χ1v) is 4.19. The number of hydrogen-bond donors (Lipinski definition) is 0. The summed E-state index contributed by atoms with van der Waals surface area (Å²) in [6, 6.07) is 0. The lowest BCUT2D eigenvalue weighted by molar-refractivity contribution is -0.120. The second kappa shape index (κ2) is 4.98. The molecule has 0 saturated carbocycles. The van der Waals surface area contributed by atoms with Gasteiger partial charge in [0.05, 0.1) is 5.57 Å². The summed E-state index contributed by atoms with van der Waals surface area (Å²) in [4.78, 5) is 10.8. The lowest BCUT2D eigenvalue weighted by Crippen LogP contribution is -2.11. The molecule has 0 aromatic rings. The SMILES string of the molecule is C=C/C(=C\C[C@H](C)C(C)=O)C(F)(F)F. The summed E-state index contributed by atoms with van der Waals surface area (Å²) in [5.74, 6) is -0.501. The second-order valence-electron chi connectivity index (χ2n) is 3.11. The number of alkyl halides is 3. The molecule has 0 radical (unpaired) electrons. The molecule has 80 valence electrons. The maximum absolute atomic E-state index is 12.1. The van der Waals surface area contributed by atoms with Gasteiger partial charge >= 0.3 is 6.18 Å². The van der Waals surface area contributed by atoms with Crippen molar-refractivity contribution in [1.82, 2.24) is 0 Å². The molecule has 0 fully saturated rings. The molecule has 1 atom stereocenters. The molecule has 0 N–H and O–H groups in total. The van der Waals surface area contributed by atoms with Crippen molar-refractivity contribution in [3.8, 4) is 0 Å². The van der Waals surface area contributed by atoms with Crippen LogP contribution in [-0.2, 0) is 4.79 Å². The third-order valence-corrected chi connectivity index (χ3v) is 1.93. The van der Waals surface area contributed by atoms with Crippen LogP contribution >= 0.6 is 0 Å². The minimum atomic E-state index is -4.38. The van der Waals surface area contributed by atoms with Crippen LogP contribution in [0.15, 0.2) is 24.3 Å². The topological polar surface area (TPSA) is 17.1 Å². The minimum Gasteiger partial charge on any atom is -0.300 e. The molecule has 0 spiro atoms. The molecular weight excluding hydrogens is 193 g/mol. The third kappa shape index (κ3) is 4.25. The van der Waals surface area contributed by atoms with Crippen LogP contribution in [-0.4, -0.2) is 12.0 Å². The Morgan fingerprint density at radius 1 is 1.50 bits per heavy atom. The van der Waals surface area contributed by atoms with E-state index < -0.39 is 11.7 Å². The predicted octanol–water partition coefficient (Wildman–Crippen LogP) is 3.28. The Bertz CT molecular complexity index is 251. The van der Waals surface area contributed by atoms with Crippen molar-refractivity contribution in [2.75, 3.05) is 0 Å². The smallest absolute Gasteiger partial charge is 0.300 e. The van der Waals surface area contributed by atoms with Gasteiger partial charge in [0, 0.05) is 5.92 Å². The number of hydrogen-bond acceptors (Lipinski definition) is 1. The number of rotatable bonds is 4. The molecule has 0 aliphatic rings. The van der Waals surface area contributed by atoms with Crippen molar-refractivity contribution in [3.63, 3.8) is 0 Å². The van der Waals surface area contributed by atoms with Crippen LogP contribution in [0.5, 0.6) is 0 Å². The second-order valence-corrected chi connectivity index (χ2v) is 3.11. The Balaban J connectivity index is 4.49. The number of halogens is 3. The Morgan fingerprint density at radius 3 is 2.29 bits per heavy atom. The Morgan fingerprint density at radius 2 is 2.00 bits per heavy atom. The standard InChI is InChI=1S/C10H13F3O/c1-4-9(10(11,12)13)6-5-7(2)8(3)14/h4,6-7H,1,5H2,2-3H3/b9-6+/t7-/m0/s1. The van der Waals surface area contributed by atoms with E-state index in [1.165, 1.54) is 6.92 Å². The van der Waals surface area contributed by atoms with Gasteiger partial charge in [0.1, 0.15) is 5.78 Å². The summed E-state index contributed by atoms with van der Waals surface area (Å²) in [7, 11) is 0. The highest BCUT2D eigenvalue weighted by Gasteiger charge is 2.31. The van der Waals surface area contributed by atoms with Crippen LogP contribution in [0.3, 0.4) is 0 Å². The maximum Gasteiger partial charge on any atom is 0.416 e. The lowest BCUT2D eigenvalue weighted by atomic mass is 10.0. The fourth-order valence-electron chi connectivity index (χ4n) is 0.784. The molecule has 1 nitrogen and oxygen atoms in total. The van der Waals surface area contributed by atoms with Gasteiger partial charge in [-0.1, -0.05) is 25.7 Å². The van der Waals surface area contributed by atoms with E-state index in [-0.39, 0.29) is 18.1 Å². The third-order valence-electron chi connectivity index (χ3n) is 1.93. The minimum absolute atomic E-state index is 0.0934. The van der Waals surface area contributed by atoms with E-state index >= 15 is 0 Å². The van der Waals surface area contributed by atoms with Crippen LogP contribution in [0, 0.1) is 5.92 Å². The van der Waals surface area contributed by atoms with Crippen LogP contribution < -0.4 is 0 Å². The Labute approximate surface area is 81.3 Å². The number of carbonyl (C=O) groups excluding carboxylic acids is 1. The molecule has 0 unspecified atom stereocenters. The zero-order valence-corrected chi connectivity index (χ0v) is 8.19. The molecule has 0 aromatic heterocycles. The highest BCUT2D eigenvalue weighted by Crippen LogP contribution is 2.27. The van der Waals surface area contributed by atoms with Crippen molar-refractivity contribution in [1.29, 1.82) is 0 Å². The van der Waals surface area contributed by atoms with E-state index in [1.54, 1.807) is 6.92 Å². The van der Waals surface area contributed by atoms with Crippen molar-refractivity contribution in [3.05, 3.63) is 24.3 Å². The normalized spacial score (nSPS) is 15.1. The van der Waals surface area contributed by atoms with Gasteiger partial charge in [-0.3, -0.25) is 4.79 Å². The molecule has 14 heavy (non-hydrogen) atoms. The van der Waals surface area contributed by atoms with E-state index in [9.17, 15) is 18.0 Å². The highest BCUT2D eigenvalue weighted by molar-refractivity contribution is 5.78.